The Hall–Kier alpha value is -2.41. The number of fused-ring (bicyclic) bond motifs is 1. The molecule has 3 unspecified atom stereocenters. The first-order valence-corrected chi connectivity index (χ1v) is 11.9. The summed E-state index contributed by atoms with van der Waals surface area (Å²) in [5.41, 5.74) is 1.23. The summed E-state index contributed by atoms with van der Waals surface area (Å²) in [6, 6.07) is 20.7. The Kier molecular flexibility index (Phi) is 7.57. The molecule has 0 aliphatic carbocycles. The zero-order chi connectivity index (χ0) is 21.5. The number of benzene rings is 2. The van der Waals surface area contributed by atoms with E-state index in [1.165, 1.54) is 15.6 Å². The minimum Gasteiger partial charge on any atom is -0.386 e. The van der Waals surface area contributed by atoms with Crippen molar-refractivity contribution in [2.45, 2.75) is 32.0 Å². The fourth-order valence-corrected chi connectivity index (χ4v) is 5.11. The minimum absolute atomic E-state index is 0.106. The van der Waals surface area contributed by atoms with E-state index in [9.17, 15) is 5.11 Å². The molecular weight excluding hydrogens is 406 g/mol. The lowest BCUT2D eigenvalue weighted by Gasteiger charge is -2.32. The van der Waals surface area contributed by atoms with Crippen molar-refractivity contribution in [1.29, 1.82) is 0 Å². The molecule has 3 N–H and O–H groups in total. The van der Waals surface area contributed by atoms with E-state index in [-0.39, 0.29) is 6.10 Å². The van der Waals surface area contributed by atoms with Crippen LogP contribution in [0.15, 0.2) is 65.7 Å². The third-order valence-electron chi connectivity index (χ3n) is 5.64. The molecule has 31 heavy (non-hydrogen) atoms. The van der Waals surface area contributed by atoms with E-state index in [2.05, 4.69) is 65.0 Å². The Labute approximate surface area is 188 Å². The second kappa shape index (κ2) is 10.8. The standard InChI is InChI=1S/C25H31N3O2S/c1-2-26-25(28-17-21(29)23-15-19-11-6-7-13-22(19)31-23)27-16-20-12-8-14-30-24(20)18-9-4-3-5-10-18/h3-7,9-11,13,15,20-21,24,29H,2,8,12,14,16-17H2,1H3,(H2,26,27,28). The molecular formula is C25H31N3O2S. The first-order valence-electron chi connectivity index (χ1n) is 11.1. The highest BCUT2D eigenvalue weighted by molar-refractivity contribution is 7.19. The molecule has 0 spiro atoms. The van der Waals surface area contributed by atoms with Gasteiger partial charge in [0.2, 0.25) is 0 Å². The van der Waals surface area contributed by atoms with Gasteiger partial charge >= 0.3 is 0 Å². The van der Waals surface area contributed by atoms with E-state index in [1.807, 2.05) is 18.2 Å². The highest BCUT2D eigenvalue weighted by atomic mass is 32.1. The maximum absolute atomic E-state index is 10.7. The summed E-state index contributed by atoms with van der Waals surface area (Å²) in [6.07, 6.45) is 1.70. The SMILES string of the molecule is CCNC(=NCC(O)c1cc2ccccc2s1)NCC1CCCOC1c1ccccc1. The van der Waals surface area contributed by atoms with Gasteiger partial charge in [0, 0.05) is 35.2 Å². The monoisotopic (exact) mass is 437 g/mol. The van der Waals surface area contributed by atoms with Crippen molar-refractivity contribution in [2.75, 3.05) is 26.2 Å². The quantitative estimate of drug-likeness (QED) is 0.372. The molecule has 5 nitrogen and oxygen atoms in total. The molecule has 2 aromatic carbocycles. The summed E-state index contributed by atoms with van der Waals surface area (Å²) >= 11 is 1.63. The number of aliphatic imine (C=N–C) groups is 1. The highest BCUT2D eigenvalue weighted by Crippen LogP contribution is 2.33. The molecule has 3 aromatic rings. The van der Waals surface area contributed by atoms with Gasteiger partial charge in [-0.15, -0.1) is 11.3 Å². The van der Waals surface area contributed by atoms with Crippen LogP contribution >= 0.6 is 11.3 Å². The van der Waals surface area contributed by atoms with Crippen LogP contribution < -0.4 is 10.6 Å². The van der Waals surface area contributed by atoms with Crippen LogP contribution in [0.25, 0.3) is 10.1 Å². The largest absolute Gasteiger partial charge is 0.386 e. The molecule has 1 saturated heterocycles. The van der Waals surface area contributed by atoms with Gasteiger partial charge in [0.05, 0.1) is 12.6 Å². The van der Waals surface area contributed by atoms with E-state index >= 15 is 0 Å². The molecule has 0 saturated carbocycles. The number of thiophene rings is 1. The normalized spacial score (nSPS) is 20.5. The summed E-state index contributed by atoms with van der Waals surface area (Å²) in [7, 11) is 0. The van der Waals surface area contributed by atoms with Gasteiger partial charge in [0.1, 0.15) is 6.10 Å². The number of nitrogens with zero attached hydrogens (tertiary/aromatic N) is 1. The molecule has 4 rings (SSSR count). The van der Waals surface area contributed by atoms with Crippen molar-refractivity contribution < 1.29 is 9.84 Å². The van der Waals surface area contributed by atoms with Crippen molar-refractivity contribution in [3.63, 3.8) is 0 Å². The van der Waals surface area contributed by atoms with Crippen LogP contribution in [0.4, 0.5) is 0 Å². The van der Waals surface area contributed by atoms with E-state index in [1.54, 1.807) is 11.3 Å². The van der Waals surface area contributed by atoms with Crippen LogP contribution in [-0.4, -0.2) is 37.3 Å². The highest BCUT2D eigenvalue weighted by Gasteiger charge is 2.27. The summed E-state index contributed by atoms with van der Waals surface area (Å²) < 4.78 is 7.30. The molecule has 1 aromatic heterocycles. The van der Waals surface area contributed by atoms with Gasteiger partial charge in [-0.1, -0.05) is 48.5 Å². The Morgan fingerprint density at radius 3 is 2.77 bits per heavy atom. The van der Waals surface area contributed by atoms with Crippen LogP contribution in [0, 0.1) is 5.92 Å². The van der Waals surface area contributed by atoms with Crippen LogP contribution in [0.5, 0.6) is 0 Å². The number of nitrogens with one attached hydrogen (secondary N) is 2. The number of hydrogen-bond donors (Lipinski definition) is 3. The van der Waals surface area contributed by atoms with Gasteiger partial charge in [-0.05, 0) is 42.8 Å². The average Bonchev–Trinajstić information content (AvgIpc) is 3.26. The lowest BCUT2D eigenvalue weighted by Crippen LogP contribution is -2.42. The molecule has 0 radical (unpaired) electrons. The third-order valence-corrected chi connectivity index (χ3v) is 6.86. The predicted molar refractivity (Wildman–Crippen MR) is 129 cm³/mol. The summed E-state index contributed by atoms with van der Waals surface area (Å²) in [5.74, 6) is 1.12. The van der Waals surface area contributed by atoms with Gasteiger partial charge in [0.15, 0.2) is 5.96 Å². The number of aliphatic hydroxyl groups is 1. The van der Waals surface area contributed by atoms with Crippen LogP contribution in [0.1, 0.15) is 42.4 Å². The van der Waals surface area contributed by atoms with Crippen molar-refractivity contribution >= 4 is 27.4 Å². The molecule has 3 atom stereocenters. The zero-order valence-corrected chi connectivity index (χ0v) is 18.8. The molecule has 1 aliphatic rings. The molecule has 2 heterocycles. The number of guanidine groups is 1. The van der Waals surface area contributed by atoms with Crippen molar-refractivity contribution in [2.24, 2.45) is 10.9 Å². The molecule has 164 valence electrons. The molecule has 0 bridgehead atoms. The predicted octanol–water partition coefficient (Wildman–Crippen LogP) is 4.66. The number of hydrogen-bond acceptors (Lipinski definition) is 4. The first kappa shape index (κ1) is 21.8. The third kappa shape index (κ3) is 5.64. The van der Waals surface area contributed by atoms with E-state index in [0.29, 0.717) is 12.5 Å². The number of rotatable bonds is 7. The fourth-order valence-electron chi connectivity index (χ4n) is 4.07. The molecule has 0 amide bonds. The van der Waals surface area contributed by atoms with Gasteiger partial charge in [-0.25, -0.2) is 0 Å². The fraction of sp³-hybridized carbons (Fsp3) is 0.400. The van der Waals surface area contributed by atoms with Crippen LogP contribution in [0.2, 0.25) is 0 Å². The molecule has 1 aliphatic heterocycles. The van der Waals surface area contributed by atoms with Crippen LogP contribution in [0.3, 0.4) is 0 Å². The number of aliphatic hydroxyl groups excluding tert-OH is 1. The first-order chi connectivity index (χ1) is 15.2. The van der Waals surface area contributed by atoms with Gasteiger partial charge in [-0.3, -0.25) is 4.99 Å². The van der Waals surface area contributed by atoms with Gasteiger partial charge < -0.3 is 20.5 Å². The van der Waals surface area contributed by atoms with E-state index in [0.717, 1.165) is 43.4 Å². The van der Waals surface area contributed by atoms with Gasteiger partial charge in [-0.2, -0.15) is 0 Å². The summed E-state index contributed by atoms with van der Waals surface area (Å²) in [5, 5.41) is 18.6. The Morgan fingerprint density at radius 1 is 1.16 bits per heavy atom. The maximum Gasteiger partial charge on any atom is 0.191 e. The lowest BCUT2D eigenvalue weighted by molar-refractivity contribution is -0.0265. The van der Waals surface area contributed by atoms with Crippen molar-refractivity contribution in [1.82, 2.24) is 10.6 Å². The van der Waals surface area contributed by atoms with Crippen molar-refractivity contribution in [3.8, 4) is 0 Å². The Morgan fingerprint density at radius 2 is 1.97 bits per heavy atom. The summed E-state index contributed by atoms with van der Waals surface area (Å²) in [4.78, 5) is 5.60. The zero-order valence-electron chi connectivity index (χ0n) is 18.0. The Balaban J connectivity index is 1.39. The topological polar surface area (TPSA) is 65.9 Å². The summed E-state index contributed by atoms with van der Waals surface area (Å²) in [6.45, 7) is 4.74. The Bertz CT molecular complexity index is 956. The van der Waals surface area contributed by atoms with E-state index in [4.69, 9.17) is 4.74 Å². The maximum atomic E-state index is 10.7. The molecule has 1 fully saturated rings. The van der Waals surface area contributed by atoms with Gasteiger partial charge in [0.25, 0.3) is 0 Å². The number of ether oxygens (including phenoxy) is 1. The smallest absolute Gasteiger partial charge is 0.191 e. The minimum atomic E-state index is -0.608. The average molecular weight is 438 g/mol. The lowest BCUT2D eigenvalue weighted by atomic mass is 9.89. The van der Waals surface area contributed by atoms with E-state index < -0.39 is 6.10 Å². The van der Waals surface area contributed by atoms with Crippen molar-refractivity contribution in [3.05, 3.63) is 71.1 Å². The second-order valence-electron chi connectivity index (χ2n) is 7.91. The van der Waals surface area contributed by atoms with Crippen LogP contribution in [-0.2, 0) is 4.74 Å². The molecule has 6 heteroatoms. The second-order valence-corrected chi connectivity index (χ2v) is 9.02.